The predicted molar refractivity (Wildman–Crippen MR) is 114 cm³/mol. The maximum Gasteiger partial charge on any atom is 0.319 e. The molecule has 0 unspecified atom stereocenters. The van der Waals surface area contributed by atoms with Gasteiger partial charge in [-0.1, -0.05) is 12.1 Å². The highest BCUT2D eigenvalue weighted by molar-refractivity contribution is 7.99. The molecule has 0 aliphatic heterocycles. The molecule has 1 aromatic heterocycles. The molecule has 2 amide bonds. The second-order valence-electron chi connectivity index (χ2n) is 5.98. The quantitative estimate of drug-likeness (QED) is 0.484. The smallest absolute Gasteiger partial charge is 0.319 e. The van der Waals surface area contributed by atoms with Gasteiger partial charge < -0.3 is 20.1 Å². The van der Waals surface area contributed by atoms with Crippen LogP contribution in [0.15, 0.2) is 73.1 Å². The maximum atomic E-state index is 12.0. The van der Waals surface area contributed by atoms with Crippen molar-refractivity contribution in [3.05, 3.63) is 84.2 Å². The monoisotopic (exact) mass is 394 g/mol. The summed E-state index contributed by atoms with van der Waals surface area (Å²) in [5.74, 6) is 1.69. The first kappa shape index (κ1) is 19.6. The average Bonchev–Trinajstić information content (AvgIpc) is 2.75. The Labute approximate surface area is 168 Å². The van der Waals surface area contributed by atoms with E-state index in [-0.39, 0.29) is 6.03 Å². The van der Waals surface area contributed by atoms with Gasteiger partial charge in [0.2, 0.25) is 0 Å². The minimum absolute atomic E-state index is 0.244. The van der Waals surface area contributed by atoms with Gasteiger partial charge >= 0.3 is 6.03 Å². The Morgan fingerprint density at radius 2 is 1.61 bits per heavy atom. The number of hydrogen-bond acceptors (Lipinski definition) is 5. The number of anilines is 2. The molecule has 0 aliphatic carbocycles. The summed E-state index contributed by atoms with van der Waals surface area (Å²) in [6, 6.07) is 19.1. The molecule has 2 aromatic carbocycles. The number of amides is 2. The van der Waals surface area contributed by atoms with Gasteiger partial charge in [0, 0.05) is 36.1 Å². The molecule has 0 atom stereocenters. The average molecular weight is 395 g/mol. The Morgan fingerprint density at radius 3 is 2.29 bits per heavy atom. The summed E-state index contributed by atoms with van der Waals surface area (Å²) in [5, 5.41) is 5.64. The third kappa shape index (κ3) is 6.21. The Hall–Kier alpha value is -3.19. The van der Waals surface area contributed by atoms with E-state index < -0.39 is 0 Å². The molecule has 7 heteroatoms. The van der Waals surface area contributed by atoms with Crippen LogP contribution < -0.4 is 20.1 Å². The van der Waals surface area contributed by atoms with E-state index in [9.17, 15) is 4.79 Å². The van der Waals surface area contributed by atoms with Gasteiger partial charge in [0.1, 0.15) is 5.75 Å². The van der Waals surface area contributed by atoms with Gasteiger partial charge in [0.05, 0.1) is 7.11 Å². The predicted octanol–water partition coefficient (Wildman–Crippen LogP) is 4.67. The number of pyridine rings is 1. The lowest BCUT2D eigenvalue weighted by atomic mass is 10.2. The van der Waals surface area contributed by atoms with Gasteiger partial charge in [-0.2, -0.15) is 0 Å². The summed E-state index contributed by atoms with van der Waals surface area (Å²) in [7, 11) is 1.66. The summed E-state index contributed by atoms with van der Waals surface area (Å²) >= 11 is 1.60. The van der Waals surface area contributed by atoms with Gasteiger partial charge in [0.15, 0.2) is 0 Å². The number of rotatable bonds is 8. The summed E-state index contributed by atoms with van der Waals surface area (Å²) in [6.07, 6.45) is 3.40. The van der Waals surface area contributed by atoms with Gasteiger partial charge in [-0.3, -0.25) is 4.98 Å². The van der Waals surface area contributed by atoms with Crippen LogP contribution in [0.2, 0.25) is 0 Å². The highest BCUT2D eigenvalue weighted by atomic mass is 32.2. The van der Waals surface area contributed by atoms with E-state index in [0.29, 0.717) is 6.54 Å². The van der Waals surface area contributed by atoms with Gasteiger partial charge in [-0.25, -0.2) is 4.79 Å². The molecule has 0 saturated carbocycles. The summed E-state index contributed by atoms with van der Waals surface area (Å²) in [4.78, 5) is 15.9. The number of benzene rings is 2. The molecule has 0 radical (unpaired) electrons. The number of nitrogens with one attached hydrogen (secondary N) is 3. The fourth-order valence-corrected chi connectivity index (χ4v) is 3.14. The van der Waals surface area contributed by atoms with Crippen molar-refractivity contribution in [2.45, 2.75) is 12.3 Å². The molecular formula is C21H22N4O2S. The Balaban J connectivity index is 1.40. The Morgan fingerprint density at radius 1 is 0.929 bits per heavy atom. The van der Waals surface area contributed by atoms with E-state index in [0.717, 1.165) is 28.4 Å². The van der Waals surface area contributed by atoms with Crippen LogP contribution in [0.1, 0.15) is 11.1 Å². The molecule has 6 nitrogen and oxygen atoms in total. The minimum atomic E-state index is -0.244. The fourth-order valence-electron chi connectivity index (χ4n) is 2.40. The Kier molecular flexibility index (Phi) is 7.14. The van der Waals surface area contributed by atoms with Crippen LogP contribution in [0, 0.1) is 0 Å². The lowest BCUT2D eigenvalue weighted by molar-refractivity contribution is 0.251. The second kappa shape index (κ2) is 10.2. The minimum Gasteiger partial charge on any atom is -0.497 e. The maximum absolute atomic E-state index is 12.0. The molecule has 0 bridgehead atoms. The van der Waals surface area contributed by atoms with Gasteiger partial charge in [-0.05, 0) is 71.6 Å². The number of carbonyl (C=O) groups excluding carboxylic acids is 1. The zero-order chi connectivity index (χ0) is 19.6. The van der Waals surface area contributed by atoms with Gasteiger partial charge in [-0.15, -0.1) is 0 Å². The van der Waals surface area contributed by atoms with E-state index in [4.69, 9.17) is 4.74 Å². The van der Waals surface area contributed by atoms with Crippen LogP contribution in [-0.4, -0.2) is 18.1 Å². The van der Waals surface area contributed by atoms with E-state index in [1.165, 1.54) is 5.56 Å². The van der Waals surface area contributed by atoms with Crippen molar-refractivity contribution in [3.63, 3.8) is 0 Å². The molecule has 144 valence electrons. The van der Waals surface area contributed by atoms with Crippen LogP contribution in [0.5, 0.6) is 5.75 Å². The number of ether oxygens (including phenoxy) is 1. The third-order valence-electron chi connectivity index (χ3n) is 3.93. The largest absolute Gasteiger partial charge is 0.497 e. The van der Waals surface area contributed by atoms with Crippen LogP contribution in [0.25, 0.3) is 0 Å². The molecule has 3 N–H and O–H groups in total. The van der Waals surface area contributed by atoms with Crippen LogP contribution >= 0.6 is 11.9 Å². The van der Waals surface area contributed by atoms with Crippen LogP contribution in [-0.2, 0) is 12.3 Å². The zero-order valence-electron chi connectivity index (χ0n) is 15.5. The molecule has 28 heavy (non-hydrogen) atoms. The van der Waals surface area contributed by atoms with Crippen molar-refractivity contribution in [1.82, 2.24) is 10.3 Å². The molecular weight excluding hydrogens is 372 g/mol. The summed E-state index contributed by atoms with van der Waals surface area (Å²) in [6.45, 7) is 0.454. The van der Waals surface area contributed by atoms with E-state index in [1.54, 1.807) is 31.5 Å². The topological polar surface area (TPSA) is 75.3 Å². The van der Waals surface area contributed by atoms with Crippen LogP contribution in [0.4, 0.5) is 16.2 Å². The lowest BCUT2D eigenvalue weighted by Gasteiger charge is -2.09. The SMILES string of the molecule is COc1ccc(CSNc2ccc(NC(=O)NCc3ccncc3)cc2)cc1. The van der Waals surface area contributed by atoms with Crippen molar-refractivity contribution >= 4 is 29.4 Å². The van der Waals surface area contributed by atoms with Crippen molar-refractivity contribution in [1.29, 1.82) is 0 Å². The number of urea groups is 1. The van der Waals surface area contributed by atoms with Gasteiger partial charge in [0.25, 0.3) is 0 Å². The molecule has 0 saturated heterocycles. The second-order valence-corrected chi connectivity index (χ2v) is 6.76. The highest BCUT2D eigenvalue weighted by Gasteiger charge is 2.02. The van der Waals surface area contributed by atoms with E-state index in [1.807, 2.05) is 60.7 Å². The summed E-state index contributed by atoms with van der Waals surface area (Å²) in [5.41, 5.74) is 3.92. The first-order valence-electron chi connectivity index (χ1n) is 8.77. The molecule has 0 aliphatic rings. The molecule has 3 aromatic rings. The molecule has 0 spiro atoms. The van der Waals surface area contributed by atoms with Crippen LogP contribution in [0.3, 0.4) is 0 Å². The van der Waals surface area contributed by atoms with Crippen molar-refractivity contribution < 1.29 is 9.53 Å². The first-order chi connectivity index (χ1) is 13.7. The van der Waals surface area contributed by atoms with Crippen molar-refractivity contribution in [2.24, 2.45) is 0 Å². The highest BCUT2D eigenvalue weighted by Crippen LogP contribution is 2.20. The van der Waals surface area contributed by atoms with E-state index >= 15 is 0 Å². The number of aromatic nitrogens is 1. The third-order valence-corrected chi connectivity index (χ3v) is 4.79. The number of nitrogens with zero attached hydrogens (tertiary/aromatic N) is 1. The molecule has 3 rings (SSSR count). The normalized spacial score (nSPS) is 10.2. The lowest BCUT2D eigenvalue weighted by Crippen LogP contribution is -2.28. The number of methoxy groups -OCH3 is 1. The number of hydrogen-bond donors (Lipinski definition) is 3. The van der Waals surface area contributed by atoms with Crippen molar-refractivity contribution in [3.8, 4) is 5.75 Å². The standard InChI is InChI=1S/C21H22N4O2S/c1-27-20-8-2-17(3-9-20)15-28-25-19-6-4-18(5-7-19)24-21(26)23-14-16-10-12-22-13-11-16/h2-13,25H,14-15H2,1H3,(H2,23,24,26). The number of carbonyl (C=O) groups is 1. The fraction of sp³-hybridized carbons (Fsp3) is 0.143. The summed E-state index contributed by atoms with van der Waals surface area (Å²) < 4.78 is 8.46. The van der Waals surface area contributed by atoms with Crippen molar-refractivity contribution in [2.75, 3.05) is 17.1 Å². The Bertz CT molecular complexity index is 871. The van der Waals surface area contributed by atoms with E-state index in [2.05, 4.69) is 20.3 Å². The molecule has 0 fully saturated rings. The zero-order valence-corrected chi connectivity index (χ0v) is 16.3. The molecule has 1 heterocycles. The first-order valence-corrected chi connectivity index (χ1v) is 9.76.